The average molecular weight is 353 g/mol. The fraction of sp³-hybridized carbons (Fsp3) is 0.333. The number of anilines is 2. The smallest absolute Gasteiger partial charge is 0.255 e. The molecule has 0 aliphatic carbocycles. The SMILES string of the molecule is COC1=c2c(N)nc(-c3ccc(N4CCOCC4)cc3)nc2=NC(=O)C1. The Morgan fingerprint density at radius 2 is 1.88 bits per heavy atom. The van der Waals surface area contributed by atoms with Crippen molar-refractivity contribution in [2.45, 2.75) is 6.42 Å². The maximum Gasteiger partial charge on any atom is 0.255 e. The highest BCUT2D eigenvalue weighted by atomic mass is 16.5. The Morgan fingerprint density at radius 1 is 1.15 bits per heavy atom. The number of amides is 1. The summed E-state index contributed by atoms with van der Waals surface area (Å²) in [7, 11) is 1.50. The van der Waals surface area contributed by atoms with E-state index in [1.165, 1.54) is 7.11 Å². The van der Waals surface area contributed by atoms with Crippen molar-refractivity contribution >= 4 is 23.2 Å². The predicted octanol–water partition coefficient (Wildman–Crippen LogP) is -0.133. The third kappa shape index (κ3) is 2.99. The molecule has 0 spiro atoms. The molecule has 2 aromatic rings. The van der Waals surface area contributed by atoms with Gasteiger partial charge in [-0.2, -0.15) is 4.99 Å². The van der Waals surface area contributed by atoms with Gasteiger partial charge < -0.3 is 20.1 Å². The molecule has 2 aliphatic heterocycles. The molecule has 26 heavy (non-hydrogen) atoms. The van der Waals surface area contributed by atoms with Gasteiger partial charge in [0.15, 0.2) is 11.3 Å². The Morgan fingerprint density at radius 3 is 2.58 bits per heavy atom. The van der Waals surface area contributed by atoms with Crippen molar-refractivity contribution in [2.75, 3.05) is 44.0 Å². The van der Waals surface area contributed by atoms with E-state index in [0.717, 1.165) is 37.6 Å². The molecular formula is C18H19N5O3. The largest absolute Gasteiger partial charge is 0.500 e. The van der Waals surface area contributed by atoms with Crippen molar-refractivity contribution in [3.05, 3.63) is 35.0 Å². The zero-order valence-corrected chi connectivity index (χ0v) is 14.4. The molecule has 2 aliphatic rings. The second-order valence-electron chi connectivity index (χ2n) is 6.09. The van der Waals surface area contributed by atoms with Crippen molar-refractivity contribution in [2.24, 2.45) is 4.99 Å². The highest BCUT2D eigenvalue weighted by Crippen LogP contribution is 2.21. The number of hydrogen-bond acceptors (Lipinski definition) is 7. The number of nitrogens with two attached hydrogens (primary N) is 1. The molecule has 4 rings (SSSR count). The molecule has 134 valence electrons. The molecule has 0 bridgehead atoms. The van der Waals surface area contributed by atoms with Gasteiger partial charge in [0.05, 0.1) is 32.0 Å². The average Bonchev–Trinajstić information content (AvgIpc) is 2.67. The highest BCUT2D eigenvalue weighted by molar-refractivity contribution is 5.85. The summed E-state index contributed by atoms with van der Waals surface area (Å²) in [5.41, 5.74) is 8.29. The van der Waals surface area contributed by atoms with Gasteiger partial charge >= 0.3 is 0 Å². The lowest BCUT2D eigenvalue weighted by Crippen LogP contribution is -2.39. The van der Waals surface area contributed by atoms with E-state index < -0.39 is 0 Å². The van der Waals surface area contributed by atoms with Crippen LogP contribution in [0.5, 0.6) is 0 Å². The lowest BCUT2D eigenvalue weighted by atomic mass is 10.1. The van der Waals surface area contributed by atoms with Crippen molar-refractivity contribution < 1.29 is 14.3 Å². The van der Waals surface area contributed by atoms with Gasteiger partial charge in [-0.15, -0.1) is 0 Å². The number of nitrogens with zero attached hydrogens (tertiary/aromatic N) is 4. The zero-order chi connectivity index (χ0) is 18.1. The first-order chi connectivity index (χ1) is 12.7. The van der Waals surface area contributed by atoms with Crippen LogP contribution in [0.2, 0.25) is 0 Å². The van der Waals surface area contributed by atoms with Gasteiger partial charge in [0.2, 0.25) is 0 Å². The molecule has 8 heteroatoms. The van der Waals surface area contributed by atoms with Crippen molar-refractivity contribution in [1.29, 1.82) is 0 Å². The summed E-state index contributed by atoms with van der Waals surface area (Å²) in [5, 5.41) is 0.501. The van der Waals surface area contributed by atoms with Crippen molar-refractivity contribution in [3.63, 3.8) is 0 Å². The van der Waals surface area contributed by atoms with Gasteiger partial charge in [0.1, 0.15) is 11.6 Å². The molecule has 0 atom stereocenters. The number of rotatable bonds is 3. The summed E-state index contributed by atoms with van der Waals surface area (Å²) in [6, 6.07) is 7.93. The van der Waals surface area contributed by atoms with Crippen LogP contribution in [0.25, 0.3) is 17.1 Å². The normalized spacial score (nSPS) is 16.9. The van der Waals surface area contributed by atoms with E-state index in [2.05, 4.69) is 19.9 Å². The minimum Gasteiger partial charge on any atom is -0.500 e. The molecule has 3 heterocycles. The van der Waals surface area contributed by atoms with Crippen LogP contribution in [0.15, 0.2) is 29.3 Å². The molecule has 1 fully saturated rings. The summed E-state index contributed by atoms with van der Waals surface area (Å²) < 4.78 is 10.6. The third-order valence-corrected chi connectivity index (χ3v) is 4.49. The lowest BCUT2D eigenvalue weighted by Gasteiger charge is -2.28. The summed E-state index contributed by atoms with van der Waals surface area (Å²) in [4.78, 5) is 26.9. The standard InChI is InChI=1S/C18H19N5O3/c1-25-13-10-14(24)20-18-15(13)16(19)21-17(22-18)11-2-4-12(5-3-11)23-6-8-26-9-7-23/h2-5H,6-10H2,1H3,(H2,19,20,21,22,24). The fourth-order valence-corrected chi connectivity index (χ4v) is 3.14. The maximum absolute atomic E-state index is 11.8. The number of fused-ring (bicyclic) bond motifs is 1. The predicted molar refractivity (Wildman–Crippen MR) is 95.7 cm³/mol. The van der Waals surface area contributed by atoms with Crippen molar-refractivity contribution in [1.82, 2.24) is 9.97 Å². The fourth-order valence-electron chi connectivity index (χ4n) is 3.14. The number of ether oxygens (including phenoxy) is 2. The van der Waals surface area contributed by atoms with Gasteiger partial charge in [0.25, 0.3) is 5.91 Å². The number of aromatic nitrogens is 2. The number of benzene rings is 1. The Balaban J connectivity index is 1.73. The molecule has 8 nitrogen and oxygen atoms in total. The van der Waals surface area contributed by atoms with Crippen LogP contribution in [0.4, 0.5) is 11.5 Å². The Labute approximate surface area is 150 Å². The molecule has 0 unspecified atom stereocenters. The monoisotopic (exact) mass is 353 g/mol. The van der Waals surface area contributed by atoms with Crippen LogP contribution in [0.1, 0.15) is 6.42 Å². The first-order valence-corrected chi connectivity index (χ1v) is 8.41. The summed E-state index contributed by atoms with van der Waals surface area (Å²) in [6.07, 6.45) is 0.0741. The molecule has 0 radical (unpaired) electrons. The number of nitrogen functional groups attached to an aromatic ring is 1. The quantitative estimate of drug-likeness (QED) is 0.820. The molecule has 0 saturated carbocycles. The van der Waals surface area contributed by atoms with Crippen LogP contribution >= 0.6 is 0 Å². The second-order valence-corrected chi connectivity index (χ2v) is 6.09. The van der Waals surface area contributed by atoms with Gasteiger partial charge in [-0.05, 0) is 24.3 Å². The number of carbonyl (C=O) groups excluding carboxylic acids is 1. The lowest BCUT2D eigenvalue weighted by molar-refractivity contribution is -0.117. The van der Waals surface area contributed by atoms with Gasteiger partial charge in [-0.3, -0.25) is 4.79 Å². The van der Waals surface area contributed by atoms with Gasteiger partial charge in [-0.25, -0.2) is 9.97 Å². The minimum absolute atomic E-state index is 0.0741. The van der Waals surface area contributed by atoms with Gasteiger partial charge in [0, 0.05) is 24.3 Å². The Bertz CT molecular complexity index is 966. The topological polar surface area (TPSA) is 103 Å². The van der Waals surface area contributed by atoms with E-state index in [4.69, 9.17) is 15.2 Å². The van der Waals surface area contributed by atoms with Crippen LogP contribution in [-0.4, -0.2) is 49.3 Å². The molecule has 1 aromatic carbocycles. The van der Waals surface area contributed by atoms with Gasteiger partial charge in [-0.1, -0.05) is 0 Å². The number of hydrogen-bond donors (Lipinski definition) is 1. The summed E-state index contributed by atoms with van der Waals surface area (Å²) in [5.74, 6) is 0.840. The molecule has 2 N–H and O–H groups in total. The minimum atomic E-state index is -0.305. The first kappa shape index (κ1) is 16.5. The van der Waals surface area contributed by atoms with Crippen LogP contribution in [-0.2, 0) is 14.3 Å². The maximum atomic E-state index is 11.8. The van der Waals surface area contributed by atoms with Crippen LogP contribution in [0, 0.1) is 0 Å². The van der Waals surface area contributed by atoms with E-state index in [-0.39, 0.29) is 23.6 Å². The van der Waals surface area contributed by atoms with E-state index in [0.29, 0.717) is 16.8 Å². The zero-order valence-electron chi connectivity index (χ0n) is 14.4. The number of carbonyl (C=O) groups is 1. The summed E-state index contributed by atoms with van der Waals surface area (Å²) >= 11 is 0. The van der Waals surface area contributed by atoms with Crippen LogP contribution in [0.3, 0.4) is 0 Å². The number of morpholine rings is 1. The van der Waals surface area contributed by atoms with E-state index in [1.807, 2.05) is 24.3 Å². The molecular weight excluding hydrogens is 334 g/mol. The highest BCUT2D eigenvalue weighted by Gasteiger charge is 2.18. The van der Waals surface area contributed by atoms with E-state index >= 15 is 0 Å². The first-order valence-electron chi connectivity index (χ1n) is 8.41. The number of methoxy groups -OCH3 is 1. The molecule has 1 aromatic heterocycles. The van der Waals surface area contributed by atoms with Crippen LogP contribution < -0.4 is 21.3 Å². The Kier molecular flexibility index (Phi) is 4.26. The third-order valence-electron chi connectivity index (χ3n) is 4.49. The van der Waals surface area contributed by atoms with E-state index in [1.54, 1.807) is 0 Å². The summed E-state index contributed by atoms with van der Waals surface area (Å²) in [6.45, 7) is 3.22. The molecule has 1 amide bonds. The Hall–Kier alpha value is -3.00. The van der Waals surface area contributed by atoms with E-state index in [9.17, 15) is 4.79 Å². The van der Waals surface area contributed by atoms with Crippen molar-refractivity contribution in [3.8, 4) is 11.4 Å². The molecule has 1 saturated heterocycles. The second kappa shape index (κ2) is 6.72.